The quantitative estimate of drug-likeness (QED) is 0.815. The number of likely N-dealkylation sites (N-methyl/N-ethyl adjacent to an activating group) is 1. The van der Waals surface area contributed by atoms with E-state index in [0.29, 0.717) is 16.5 Å². The molecule has 0 radical (unpaired) electrons. The van der Waals surface area contributed by atoms with Crippen molar-refractivity contribution in [2.75, 3.05) is 26.0 Å². The molecule has 0 spiro atoms. The molecule has 10 heteroatoms. The molecule has 0 saturated heterocycles. The number of anilines is 1. The first-order valence-corrected chi connectivity index (χ1v) is 9.01. The number of methoxy groups -OCH3 is 1. The van der Waals surface area contributed by atoms with Gasteiger partial charge in [-0.05, 0) is 32.0 Å². The molecule has 0 aliphatic carbocycles. The SMILES string of the molecule is COc1ccc(NC(=O)CN(C)S(=O)(=O)c2c(C)noc2C)cc1Cl. The topological polar surface area (TPSA) is 102 Å². The maximum atomic E-state index is 12.6. The van der Waals surface area contributed by atoms with E-state index in [2.05, 4.69) is 10.5 Å². The van der Waals surface area contributed by atoms with Crippen molar-refractivity contribution in [2.45, 2.75) is 18.7 Å². The van der Waals surface area contributed by atoms with E-state index in [1.807, 2.05) is 0 Å². The molecule has 136 valence electrons. The number of ether oxygens (including phenoxy) is 1. The second kappa shape index (κ2) is 7.42. The van der Waals surface area contributed by atoms with Gasteiger partial charge in [-0.25, -0.2) is 8.42 Å². The standard InChI is InChI=1S/C15H18ClN3O5S/c1-9-15(10(2)24-18-9)25(21,22)19(3)8-14(20)17-11-5-6-13(23-4)12(16)7-11/h5-7H,8H2,1-4H3,(H,17,20). The van der Waals surface area contributed by atoms with E-state index in [4.69, 9.17) is 20.9 Å². The van der Waals surface area contributed by atoms with Gasteiger partial charge in [0.25, 0.3) is 0 Å². The van der Waals surface area contributed by atoms with Gasteiger partial charge in [0.05, 0.1) is 18.7 Å². The third-order valence-electron chi connectivity index (χ3n) is 3.44. The number of nitrogens with zero attached hydrogens (tertiary/aromatic N) is 2. The van der Waals surface area contributed by atoms with Gasteiger partial charge in [-0.1, -0.05) is 16.8 Å². The van der Waals surface area contributed by atoms with Crippen LogP contribution < -0.4 is 10.1 Å². The van der Waals surface area contributed by atoms with E-state index < -0.39 is 15.9 Å². The summed E-state index contributed by atoms with van der Waals surface area (Å²) in [5.41, 5.74) is 0.672. The van der Waals surface area contributed by atoms with E-state index in [-0.39, 0.29) is 22.9 Å². The number of sulfonamides is 1. The average Bonchev–Trinajstić information content (AvgIpc) is 2.86. The Balaban J connectivity index is 2.11. The number of carbonyl (C=O) groups excluding carboxylic acids is 1. The molecule has 8 nitrogen and oxygen atoms in total. The summed E-state index contributed by atoms with van der Waals surface area (Å²) in [6, 6.07) is 4.72. The van der Waals surface area contributed by atoms with Crippen molar-refractivity contribution in [3.63, 3.8) is 0 Å². The fourth-order valence-electron chi connectivity index (χ4n) is 2.23. The first kappa shape index (κ1) is 19.2. The van der Waals surface area contributed by atoms with Crippen LogP contribution in [0, 0.1) is 13.8 Å². The number of carbonyl (C=O) groups is 1. The number of rotatable bonds is 6. The van der Waals surface area contributed by atoms with Crippen LogP contribution in [-0.2, 0) is 14.8 Å². The summed E-state index contributed by atoms with van der Waals surface area (Å²) < 4.78 is 36.0. The van der Waals surface area contributed by atoms with Crippen LogP contribution in [0.15, 0.2) is 27.6 Å². The van der Waals surface area contributed by atoms with Crippen LogP contribution in [0.2, 0.25) is 5.02 Å². The van der Waals surface area contributed by atoms with E-state index in [9.17, 15) is 13.2 Å². The van der Waals surface area contributed by atoms with Gasteiger partial charge in [0.2, 0.25) is 15.9 Å². The van der Waals surface area contributed by atoms with Gasteiger partial charge in [-0.15, -0.1) is 0 Å². The van der Waals surface area contributed by atoms with Gasteiger partial charge in [0.15, 0.2) is 5.76 Å². The smallest absolute Gasteiger partial charge is 0.248 e. The Hall–Kier alpha value is -2.10. The molecule has 25 heavy (non-hydrogen) atoms. The Bertz CT molecular complexity index is 875. The van der Waals surface area contributed by atoms with Gasteiger partial charge >= 0.3 is 0 Å². The number of aryl methyl sites for hydroxylation is 2. The lowest BCUT2D eigenvalue weighted by atomic mass is 10.3. The van der Waals surface area contributed by atoms with Gasteiger partial charge < -0.3 is 14.6 Å². The van der Waals surface area contributed by atoms with Crippen molar-refractivity contribution in [2.24, 2.45) is 0 Å². The molecule has 1 heterocycles. The number of aromatic nitrogens is 1. The first-order valence-electron chi connectivity index (χ1n) is 7.19. The van der Waals surface area contributed by atoms with Gasteiger partial charge in [0.1, 0.15) is 16.3 Å². The molecule has 1 N–H and O–H groups in total. The molecule has 0 saturated carbocycles. The summed E-state index contributed by atoms with van der Waals surface area (Å²) in [5, 5.41) is 6.55. The molecule has 2 rings (SSSR count). The van der Waals surface area contributed by atoms with Crippen molar-refractivity contribution in [1.82, 2.24) is 9.46 Å². The van der Waals surface area contributed by atoms with Crippen LogP contribution in [0.3, 0.4) is 0 Å². The van der Waals surface area contributed by atoms with Gasteiger partial charge in [-0.2, -0.15) is 4.31 Å². The number of amides is 1. The Morgan fingerprint density at radius 1 is 1.40 bits per heavy atom. The minimum Gasteiger partial charge on any atom is -0.495 e. The Kier molecular flexibility index (Phi) is 5.71. The second-order valence-corrected chi connectivity index (χ2v) is 7.70. The minimum atomic E-state index is -3.89. The lowest BCUT2D eigenvalue weighted by Crippen LogP contribution is -2.35. The molecule has 2 aromatic rings. The fraction of sp³-hybridized carbons (Fsp3) is 0.333. The number of nitrogens with one attached hydrogen (secondary N) is 1. The van der Waals surface area contributed by atoms with Crippen molar-refractivity contribution < 1.29 is 22.5 Å². The number of hydrogen-bond acceptors (Lipinski definition) is 6. The molecule has 1 aromatic heterocycles. The normalized spacial score (nSPS) is 11.6. The van der Waals surface area contributed by atoms with Crippen LogP contribution in [0.25, 0.3) is 0 Å². The summed E-state index contributed by atoms with van der Waals surface area (Å²) >= 11 is 5.99. The molecule has 0 atom stereocenters. The van der Waals surface area contributed by atoms with E-state index in [0.717, 1.165) is 4.31 Å². The molecule has 0 unspecified atom stereocenters. The summed E-state index contributed by atoms with van der Waals surface area (Å²) in [6.07, 6.45) is 0. The summed E-state index contributed by atoms with van der Waals surface area (Å²) in [7, 11) is -1.11. The van der Waals surface area contributed by atoms with Crippen LogP contribution >= 0.6 is 11.6 Å². The minimum absolute atomic E-state index is 0.0321. The molecule has 0 bridgehead atoms. The van der Waals surface area contributed by atoms with Crippen molar-refractivity contribution >= 4 is 33.2 Å². The molecular formula is C15H18ClN3O5S. The Morgan fingerprint density at radius 2 is 2.08 bits per heavy atom. The molecule has 1 amide bonds. The number of hydrogen-bond donors (Lipinski definition) is 1. The second-order valence-electron chi connectivity index (χ2n) is 5.31. The molecular weight excluding hydrogens is 370 g/mol. The maximum Gasteiger partial charge on any atom is 0.248 e. The third-order valence-corrected chi connectivity index (χ3v) is 5.78. The predicted molar refractivity (Wildman–Crippen MR) is 92.4 cm³/mol. The van der Waals surface area contributed by atoms with E-state index >= 15 is 0 Å². The van der Waals surface area contributed by atoms with Crippen LogP contribution in [0.5, 0.6) is 5.75 Å². The van der Waals surface area contributed by atoms with Crippen molar-refractivity contribution in [1.29, 1.82) is 0 Å². The predicted octanol–water partition coefficient (Wildman–Crippen LogP) is 2.21. The highest BCUT2D eigenvalue weighted by molar-refractivity contribution is 7.89. The maximum absolute atomic E-state index is 12.6. The fourth-order valence-corrected chi connectivity index (χ4v) is 3.90. The lowest BCUT2D eigenvalue weighted by molar-refractivity contribution is -0.116. The zero-order valence-corrected chi connectivity index (χ0v) is 15.7. The summed E-state index contributed by atoms with van der Waals surface area (Å²) in [4.78, 5) is 12.1. The molecule has 1 aromatic carbocycles. The van der Waals surface area contributed by atoms with Crippen LogP contribution in [0.4, 0.5) is 5.69 Å². The Morgan fingerprint density at radius 3 is 2.60 bits per heavy atom. The highest BCUT2D eigenvalue weighted by Crippen LogP contribution is 2.27. The highest BCUT2D eigenvalue weighted by atomic mass is 35.5. The van der Waals surface area contributed by atoms with Crippen LogP contribution in [-0.4, -0.2) is 44.5 Å². The van der Waals surface area contributed by atoms with Gasteiger partial charge in [0, 0.05) is 12.7 Å². The first-order chi connectivity index (χ1) is 11.7. The van der Waals surface area contributed by atoms with Crippen molar-refractivity contribution in [3.8, 4) is 5.75 Å². The van der Waals surface area contributed by atoms with Crippen molar-refractivity contribution in [3.05, 3.63) is 34.7 Å². The summed E-state index contributed by atoms with van der Waals surface area (Å²) in [5.74, 6) is 0.128. The zero-order valence-electron chi connectivity index (χ0n) is 14.2. The molecule has 0 fully saturated rings. The van der Waals surface area contributed by atoms with Crippen LogP contribution in [0.1, 0.15) is 11.5 Å². The number of halogens is 1. The monoisotopic (exact) mass is 387 g/mol. The third kappa shape index (κ3) is 4.12. The number of benzene rings is 1. The van der Waals surface area contributed by atoms with Gasteiger partial charge in [-0.3, -0.25) is 4.79 Å². The Labute approximate surface area is 150 Å². The molecule has 0 aliphatic heterocycles. The highest BCUT2D eigenvalue weighted by Gasteiger charge is 2.29. The van der Waals surface area contributed by atoms with E-state index in [1.165, 1.54) is 34.1 Å². The largest absolute Gasteiger partial charge is 0.495 e. The lowest BCUT2D eigenvalue weighted by Gasteiger charge is -2.16. The summed E-state index contributed by atoms with van der Waals surface area (Å²) in [6.45, 7) is 2.65. The van der Waals surface area contributed by atoms with E-state index in [1.54, 1.807) is 12.1 Å². The average molecular weight is 388 g/mol. The zero-order chi connectivity index (χ0) is 18.8. The molecule has 0 aliphatic rings.